The lowest BCUT2D eigenvalue weighted by Gasteiger charge is -2.21. The largest absolute Gasteiger partial charge is 0.290 e. The van der Waals surface area contributed by atoms with Crippen LogP contribution in [0, 0.1) is 0 Å². The molecule has 0 aliphatic heterocycles. The molecule has 108 valence electrons. The molecule has 2 rings (SSSR count). The Morgan fingerprint density at radius 1 is 1.20 bits per heavy atom. The molecule has 0 radical (unpaired) electrons. The van der Waals surface area contributed by atoms with Gasteiger partial charge in [0.25, 0.3) is 0 Å². The molecule has 5 heteroatoms. The Labute approximate surface area is 125 Å². The van der Waals surface area contributed by atoms with Crippen LogP contribution in [0.15, 0.2) is 36.7 Å². The van der Waals surface area contributed by atoms with Gasteiger partial charge in [0.05, 0.1) is 6.54 Å². The van der Waals surface area contributed by atoms with Gasteiger partial charge >= 0.3 is 0 Å². The topological polar surface area (TPSA) is 34.0 Å². The first-order valence-electron chi connectivity index (χ1n) is 7.02. The van der Waals surface area contributed by atoms with E-state index in [0.717, 1.165) is 38.4 Å². The highest BCUT2D eigenvalue weighted by Gasteiger charge is 2.11. The third-order valence-electron chi connectivity index (χ3n) is 3.15. The molecule has 0 fully saturated rings. The molecule has 0 N–H and O–H groups in total. The van der Waals surface area contributed by atoms with E-state index in [1.54, 1.807) is 6.33 Å². The number of hydrogen-bond acceptors (Lipinski definition) is 3. The van der Waals surface area contributed by atoms with Crippen molar-refractivity contribution in [3.8, 4) is 0 Å². The van der Waals surface area contributed by atoms with Crippen LogP contribution in [0.2, 0.25) is 0 Å². The second-order valence-corrected chi connectivity index (χ2v) is 5.16. The van der Waals surface area contributed by atoms with Gasteiger partial charge in [-0.3, -0.25) is 4.90 Å². The highest BCUT2D eigenvalue weighted by Crippen LogP contribution is 2.09. The lowest BCUT2D eigenvalue weighted by Crippen LogP contribution is -2.27. The molecule has 0 saturated heterocycles. The molecule has 0 aliphatic rings. The first-order chi connectivity index (χ1) is 9.83. The highest BCUT2D eigenvalue weighted by atomic mass is 35.5. The average molecular weight is 293 g/mol. The van der Waals surface area contributed by atoms with Crippen molar-refractivity contribution in [1.82, 2.24) is 19.7 Å². The van der Waals surface area contributed by atoms with Crippen LogP contribution in [0.5, 0.6) is 0 Å². The maximum absolute atomic E-state index is 5.92. The Balaban J connectivity index is 2.03. The van der Waals surface area contributed by atoms with Gasteiger partial charge in [0.15, 0.2) is 0 Å². The summed E-state index contributed by atoms with van der Waals surface area (Å²) in [5.74, 6) is 1.63. The predicted molar refractivity (Wildman–Crippen MR) is 81.6 cm³/mol. The van der Waals surface area contributed by atoms with E-state index in [2.05, 4.69) is 46.2 Å². The van der Waals surface area contributed by atoms with Crippen LogP contribution >= 0.6 is 11.6 Å². The van der Waals surface area contributed by atoms with E-state index in [4.69, 9.17) is 11.6 Å². The Bertz CT molecular complexity index is 498. The minimum atomic E-state index is 0.620. The molecular formula is C15H21ClN4. The Morgan fingerprint density at radius 3 is 2.70 bits per heavy atom. The number of aryl methyl sites for hydroxylation is 1. The third-order valence-corrected chi connectivity index (χ3v) is 3.31. The van der Waals surface area contributed by atoms with Gasteiger partial charge in [0.1, 0.15) is 12.2 Å². The molecule has 0 atom stereocenters. The zero-order valence-corrected chi connectivity index (χ0v) is 12.6. The van der Waals surface area contributed by atoms with Gasteiger partial charge in [-0.1, -0.05) is 37.3 Å². The molecular weight excluding hydrogens is 272 g/mol. The van der Waals surface area contributed by atoms with Crippen molar-refractivity contribution >= 4 is 11.6 Å². The quantitative estimate of drug-likeness (QED) is 0.702. The maximum atomic E-state index is 5.92. The van der Waals surface area contributed by atoms with E-state index in [-0.39, 0.29) is 0 Å². The molecule has 0 saturated carbocycles. The van der Waals surface area contributed by atoms with Crippen LogP contribution in [0.3, 0.4) is 0 Å². The van der Waals surface area contributed by atoms with Crippen LogP contribution in [-0.4, -0.2) is 32.1 Å². The van der Waals surface area contributed by atoms with Crippen LogP contribution in [0.25, 0.3) is 0 Å². The van der Waals surface area contributed by atoms with E-state index in [9.17, 15) is 0 Å². The van der Waals surface area contributed by atoms with E-state index in [0.29, 0.717) is 5.88 Å². The van der Waals surface area contributed by atoms with E-state index in [1.165, 1.54) is 5.56 Å². The van der Waals surface area contributed by atoms with Gasteiger partial charge in [0.2, 0.25) is 0 Å². The van der Waals surface area contributed by atoms with Crippen molar-refractivity contribution in [1.29, 1.82) is 0 Å². The summed E-state index contributed by atoms with van der Waals surface area (Å²) in [5.41, 5.74) is 1.29. The molecule has 0 aliphatic carbocycles. The van der Waals surface area contributed by atoms with Gasteiger partial charge in [-0.05, 0) is 12.0 Å². The first kappa shape index (κ1) is 15.0. The zero-order valence-electron chi connectivity index (χ0n) is 11.9. The first-order valence-corrected chi connectivity index (χ1v) is 7.56. The monoisotopic (exact) mass is 292 g/mol. The SMILES string of the molecule is CCCn1ncnc1CN(CCCl)Cc1ccccc1. The van der Waals surface area contributed by atoms with Crippen molar-refractivity contribution in [2.24, 2.45) is 0 Å². The summed E-state index contributed by atoms with van der Waals surface area (Å²) >= 11 is 5.92. The number of benzene rings is 1. The third kappa shape index (κ3) is 4.32. The number of aromatic nitrogens is 3. The van der Waals surface area contributed by atoms with Gasteiger partial charge in [-0.25, -0.2) is 9.67 Å². The van der Waals surface area contributed by atoms with Crippen LogP contribution < -0.4 is 0 Å². The van der Waals surface area contributed by atoms with Gasteiger partial charge in [0, 0.05) is 25.5 Å². The van der Waals surface area contributed by atoms with Crippen molar-refractivity contribution in [3.63, 3.8) is 0 Å². The average Bonchev–Trinajstić information content (AvgIpc) is 2.88. The summed E-state index contributed by atoms with van der Waals surface area (Å²) in [6.07, 6.45) is 2.69. The van der Waals surface area contributed by atoms with Crippen molar-refractivity contribution in [2.45, 2.75) is 33.0 Å². The van der Waals surface area contributed by atoms with Gasteiger partial charge in [-0.2, -0.15) is 5.10 Å². The lowest BCUT2D eigenvalue weighted by atomic mass is 10.2. The minimum absolute atomic E-state index is 0.620. The molecule has 2 aromatic rings. The summed E-state index contributed by atoms with van der Waals surface area (Å²) in [4.78, 5) is 6.67. The fourth-order valence-electron chi connectivity index (χ4n) is 2.18. The molecule has 20 heavy (non-hydrogen) atoms. The second-order valence-electron chi connectivity index (χ2n) is 4.78. The maximum Gasteiger partial charge on any atom is 0.141 e. The molecule has 0 unspecified atom stereocenters. The second kappa shape index (κ2) is 8.02. The summed E-state index contributed by atoms with van der Waals surface area (Å²) in [6.45, 7) is 5.56. The van der Waals surface area contributed by atoms with Crippen LogP contribution in [0.4, 0.5) is 0 Å². The number of rotatable bonds is 8. The minimum Gasteiger partial charge on any atom is -0.290 e. The molecule has 4 nitrogen and oxygen atoms in total. The van der Waals surface area contributed by atoms with E-state index < -0.39 is 0 Å². The Kier molecular flexibility index (Phi) is 6.02. The molecule has 1 aromatic heterocycles. The number of halogens is 1. The lowest BCUT2D eigenvalue weighted by molar-refractivity contribution is 0.260. The molecule has 0 amide bonds. The highest BCUT2D eigenvalue weighted by molar-refractivity contribution is 6.18. The smallest absolute Gasteiger partial charge is 0.141 e. The van der Waals surface area contributed by atoms with Gasteiger partial charge < -0.3 is 0 Å². The zero-order chi connectivity index (χ0) is 14.2. The van der Waals surface area contributed by atoms with Crippen LogP contribution in [0.1, 0.15) is 24.7 Å². The van der Waals surface area contributed by atoms with Crippen molar-refractivity contribution in [2.75, 3.05) is 12.4 Å². The summed E-state index contributed by atoms with van der Waals surface area (Å²) in [6, 6.07) is 10.4. The number of hydrogen-bond donors (Lipinski definition) is 0. The molecule has 0 spiro atoms. The molecule has 0 bridgehead atoms. The summed E-state index contributed by atoms with van der Waals surface area (Å²) in [7, 11) is 0. The van der Waals surface area contributed by atoms with Gasteiger partial charge in [-0.15, -0.1) is 11.6 Å². The predicted octanol–water partition coefficient (Wildman–Crippen LogP) is 2.93. The number of nitrogens with zero attached hydrogens (tertiary/aromatic N) is 4. The van der Waals surface area contributed by atoms with E-state index >= 15 is 0 Å². The normalized spacial score (nSPS) is 11.2. The Morgan fingerprint density at radius 2 is 2.00 bits per heavy atom. The standard InChI is InChI=1S/C15H21ClN4/c1-2-9-20-15(17-13-18-20)12-19(10-8-16)11-14-6-4-3-5-7-14/h3-7,13H,2,8-12H2,1H3. The fraction of sp³-hybridized carbons (Fsp3) is 0.467. The molecule has 1 aromatic carbocycles. The fourth-order valence-corrected chi connectivity index (χ4v) is 2.42. The molecule has 1 heterocycles. The Hall–Kier alpha value is -1.39. The van der Waals surface area contributed by atoms with Crippen LogP contribution in [-0.2, 0) is 19.6 Å². The number of alkyl halides is 1. The summed E-state index contributed by atoms with van der Waals surface area (Å²) < 4.78 is 1.98. The summed E-state index contributed by atoms with van der Waals surface area (Å²) in [5, 5.41) is 4.27. The van der Waals surface area contributed by atoms with Crippen molar-refractivity contribution in [3.05, 3.63) is 48.0 Å². The van der Waals surface area contributed by atoms with E-state index in [1.807, 2.05) is 10.7 Å². The van der Waals surface area contributed by atoms with Crippen molar-refractivity contribution < 1.29 is 0 Å².